The van der Waals surface area contributed by atoms with Gasteiger partial charge >= 0.3 is 0 Å². The first-order chi connectivity index (χ1) is 14.8. The first kappa shape index (κ1) is 22.8. The largest absolute Gasteiger partial charge is 0.359 e. The summed E-state index contributed by atoms with van der Waals surface area (Å²) in [6, 6.07) is 14.2. The molecule has 0 aliphatic carbocycles. The third-order valence-corrected chi connectivity index (χ3v) is 6.15. The summed E-state index contributed by atoms with van der Waals surface area (Å²) in [5, 5.41) is 2.92. The zero-order valence-corrected chi connectivity index (χ0v) is 19.0. The monoisotopic (exact) mass is 458 g/mol. The molecule has 162 valence electrons. The van der Waals surface area contributed by atoms with E-state index in [4.69, 9.17) is 11.6 Å². The van der Waals surface area contributed by atoms with E-state index in [0.29, 0.717) is 21.4 Å². The van der Waals surface area contributed by atoms with Crippen LogP contribution in [-0.4, -0.2) is 59.1 Å². The Morgan fingerprint density at radius 3 is 2.61 bits per heavy atom. The number of amidine groups is 1. The molecule has 3 amide bonds. The van der Waals surface area contributed by atoms with Gasteiger partial charge in [-0.15, -0.1) is 0 Å². The molecule has 2 aromatic rings. The van der Waals surface area contributed by atoms with Gasteiger partial charge in [-0.25, -0.2) is 4.99 Å². The molecule has 0 spiro atoms. The van der Waals surface area contributed by atoms with Crippen molar-refractivity contribution in [1.29, 1.82) is 0 Å². The molecule has 9 heteroatoms. The molecule has 1 atom stereocenters. The van der Waals surface area contributed by atoms with Gasteiger partial charge in [-0.3, -0.25) is 19.3 Å². The Morgan fingerprint density at radius 1 is 1.19 bits per heavy atom. The fourth-order valence-corrected chi connectivity index (χ4v) is 4.36. The first-order valence-corrected chi connectivity index (χ1v) is 10.9. The molecule has 1 fully saturated rings. The van der Waals surface area contributed by atoms with Gasteiger partial charge in [0.25, 0.3) is 5.91 Å². The Bertz CT molecular complexity index is 1040. The van der Waals surface area contributed by atoms with Crippen LogP contribution >= 0.6 is 23.4 Å². The summed E-state index contributed by atoms with van der Waals surface area (Å²) in [7, 11) is 4.91. The van der Waals surface area contributed by atoms with Crippen LogP contribution < -0.4 is 5.32 Å². The summed E-state index contributed by atoms with van der Waals surface area (Å²) in [5.41, 5.74) is 1.86. The van der Waals surface area contributed by atoms with Crippen LogP contribution in [0, 0.1) is 0 Å². The average Bonchev–Trinajstić information content (AvgIpc) is 3.03. The molecule has 0 bridgehead atoms. The smallest absolute Gasteiger partial charge is 0.253 e. The zero-order chi connectivity index (χ0) is 22.5. The van der Waals surface area contributed by atoms with Gasteiger partial charge in [0.1, 0.15) is 5.25 Å². The fraction of sp³-hybridized carbons (Fsp3) is 0.273. The van der Waals surface area contributed by atoms with Crippen molar-refractivity contribution in [2.24, 2.45) is 4.99 Å². The molecule has 0 saturated carbocycles. The molecular weight excluding hydrogens is 436 g/mol. The van der Waals surface area contributed by atoms with Crippen LogP contribution in [0.2, 0.25) is 5.02 Å². The van der Waals surface area contributed by atoms with E-state index in [1.165, 1.54) is 23.7 Å². The van der Waals surface area contributed by atoms with E-state index < -0.39 is 5.25 Å². The normalized spacial score (nSPS) is 17.2. The van der Waals surface area contributed by atoms with Crippen molar-refractivity contribution in [2.75, 3.05) is 21.1 Å². The standard InChI is InChI=1S/C22H23ClN4O3S/c1-24-19(28)12-18-21(30)27(22(31-18)25-17-10-5-4-9-16(17)23)13-14-7-6-8-15(11-14)20(29)26(2)3/h4-11,18H,12-13H2,1-3H3,(H,24,28). The Morgan fingerprint density at radius 2 is 1.94 bits per heavy atom. The van der Waals surface area contributed by atoms with Gasteiger partial charge in [-0.05, 0) is 29.8 Å². The number of nitrogens with zero attached hydrogens (tertiary/aromatic N) is 3. The van der Waals surface area contributed by atoms with Gasteiger partial charge in [0, 0.05) is 33.1 Å². The van der Waals surface area contributed by atoms with Gasteiger partial charge in [0.15, 0.2) is 5.17 Å². The van der Waals surface area contributed by atoms with E-state index in [-0.39, 0.29) is 30.7 Å². The number of carbonyl (C=O) groups excluding carboxylic acids is 3. The molecule has 1 saturated heterocycles. The lowest BCUT2D eigenvalue weighted by Crippen LogP contribution is -2.33. The fourth-order valence-electron chi connectivity index (χ4n) is 3.03. The van der Waals surface area contributed by atoms with Crippen molar-refractivity contribution >= 4 is 51.9 Å². The number of thioether (sulfide) groups is 1. The van der Waals surface area contributed by atoms with Gasteiger partial charge in [-0.1, -0.05) is 47.6 Å². The molecule has 2 aromatic carbocycles. The molecule has 1 aliphatic rings. The highest BCUT2D eigenvalue weighted by molar-refractivity contribution is 8.15. The van der Waals surface area contributed by atoms with Crippen molar-refractivity contribution in [1.82, 2.24) is 15.1 Å². The minimum Gasteiger partial charge on any atom is -0.359 e. The highest BCUT2D eigenvalue weighted by Gasteiger charge is 2.39. The predicted molar refractivity (Wildman–Crippen MR) is 124 cm³/mol. The van der Waals surface area contributed by atoms with E-state index in [0.717, 1.165) is 5.56 Å². The van der Waals surface area contributed by atoms with Gasteiger partial charge in [0.05, 0.1) is 17.3 Å². The topological polar surface area (TPSA) is 82.1 Å². The molecule has 1 aliphatic heterocycles. The number of hydrogen-bond donors (Lipinski definition) is 1. The lowest BCUT2D eigenvalue weighted by atomic mass is 10.1. The SMILES string of the molecule is CNC(=O)CC1SC(=Nc2ccccc2Cl)N(Cc2cccc(C(=O)N(C)C)c2)C1=O. The second-order valence-corrected chi connectivity index (χ2v) is 8.73. The lowest BCUT2D eigenvalue weighted by Gasteiger charge is -2.18. The molecule has 3 rings (SSSR count). The summed E-state index contributed by atoms with van der Waals surface area (Å²) in [5.74, 6) is -0.543. The highest BCUT2D eigenvalue weighted by atomic mass is 35.5. The predicted octanol–water partition coefficient (Wildman–Crippen LogP) is 3.31. The van der Waals surface area contributed by atoms with Crippen LogP contribution in [-0.2, 0) is 16.1 Å². The molecule has 1 N–H and O–H groups in total. The molecule has 1 unspecified atom stereocenters. The van der Waals surface area contributed by atoms with Crippen LogP contribution in [0.3, 0.4) is 0 Å². The molecule has 7 nitrogen and oxygen atoms in total. The third-order valence-electron chi connectivity index (χ3n) is 4.66. The summed E-state index contributed by atoms with van der Waals surface area (Å²) in [4.78, 5) is 44.9. The number of nitrogens with one attached hydrogen (secondary N) is 1. The Kier molecular flexibility index (Phi) is 7.35. The van der Waals surface area contributed by atoms with Crippen molar-refractivity contribution in [3.05, 3.63) is 64.7 Å². The summed E-state index contributed by atoms with van der Waals surface area (Å²) < 4.78 is 0. The molecule has 1 heterocycles. The van der Waals surface area contributed by atoms with Crippen LogP contribution in [0.25, 0.3) is 0 Å². The maximum Gasteiger partial charge on any atom is 0.253 e. The Labute approximate surface area is 190 Å². The van der Waals surface area contributed by atoms with Crippen LogP contribution in [0.4, 0.5) is 5.69 Å². The van der Waals surface area contributed by atoms with Crippen molar-refractivity contribution in [3.63, 3.8) is 0 Å². The summed E-state index contributed by atoms with van der Waals surface area (Å²) in [6.07, 6.45) is 0.0528. The van der Waals surface area contributed by atoms with Crippen molar-refractivity contribution < 1.29 is 14.4 Å². The number of hydrogen-bond acceptors (Lipinski definition) is 5. The number of rotatable bonds is 6. The summed E-state index contributed by atoms with van der Waals surface area (Å²) in [6.45, 7) is 0.230. The van der Waals surface area contributed by atoms with E-state index in [2.05, 4.69) is 10.3 Å². The number of amides is 3. The molecular formula is C22H23ClN4O3S. The maximum atomic E-state index is 13.1. The molecule has 0 aromatic heterocycles. The van der Waals surface area contributed by atoms with Gasteiger partial charge in [0.2, 0.25) is 11.8 Å². The average molecular weight is 459 g/mol. The molecule has 0 radical (unpaired) electrons. The Hall–Kier alpha value is -2.84. The van der Waals surface area contributed by atoms with E-state index in [1.807, 2.05) is 12.1 Å². The van der Waals surface area contributed by atoms with Crippen LogP contribution in [0.5, 0.6) is 0 Å². The number of halogens is 1. The highest BCUT2D eigenvalue weighted by Crippen LogP contribution is 2.34. The van der Waals surface area contributed by atoms with E-state index in [1.54, 1.807) is 55.4 Å². The van der Waals surface area contributed by atoms with Crippen molar-refractivity contribution in [3.8, 4) is 0 Å². The van der Waals surface area contributed by atoms with Crippen LogP contribution in [0.1, 0.15) is 22.3 Å². The number of benzene rings is 2. The summed E-state index contributed by atoms with van der Waals surface area (Å²) >= 11 is 7.49. The lowest BCUT2D eigenvalue weighted by molar-refractivity contribution is -0.129. The Balaban J connectivity index is 1.93. The first-order valence-electron chi connectivity index (χ1n) is 9.62. The number of carbonyl (C=O) groups is 3. The van der Waals surface area contributed by atoms with Gasteiger partial charge in [-0.2, -0.15) is 0 Å². The number of aliphatic imine (C=N–C) groups is 1. The minimum atomic E-state index is -0.576. The van der Waals surface area contributed by atoms with Crippen molar-refractivity contribution in [2.45, 2.75) is 18.2 Å². The molecule has 31 heavy (non-hydrogen) atoms. The minimum absolute atomic E-state index is 0.0528. The second kappa shape index (κ2) is 9.98. The van der Waals surface area contributed by atoms with E-state index >= 15 is 0 Å². The maximum absolute atomic E-state index is 13.1. The van der Waals surface area contributed by atoms with Crippen LogP contribution in [0.15, 0.2) is 53.5 Å². The zero-order valence-electron chi connectivity index (χ0n) is 17.5. The quantitative estimate of drug-likeness (QED) is 0.720. The van der Waals surface area contributed by atoms with Gasteiger partial charge < -0.3 is 10.2 Å². The third kappa shape index (κ3) is 5.45. The van der Waals surface area contributed by atoms with E-state index in [9.17, 15) is 14.4 Å². The second-order valence-electron chi connectivity index (χ2n) is 7.15. The number of para-hydroxylation sites is 1.